The maximum absolute atomic E-state index is 11.1. The number of halogens is 1. The summed E-state index contributed by atoms with van der Waals surface area (Å²) in [5.74, 6) is 0.280. The van der Waals surface area contributed by atoms with Gasteiger partial charge in [0.1, 0.15) is 5.60 Å². The summed E-state index contributed by atoms with van der Waals surface area (Å²) in [7, 11) is 0. The van der Waals surface area contributed by atoms with Crippen molar-refractivity contribution in [2.45, 2.75) is 18.4 Å². The van der Waals surface area contributed by atoms with Gasteiger partial charge in [0.2, 0.25) is 0 Å². The fourth-order valence-electron chi connectivity index (χ4n) is 2.43. The van der Waals surface area contributed by atoms with Crippen LogP contribution in [0.5, 0.6) is 0 Å². The first kappa shape index (κ1) is 11.7. The van der Waals surface area contributed by atoms with Gasteiger partial charge in [-0.1, -0.05) is 29.8 Å². The van der Waals surface area contributed by atoms with Gasteiger partial charge in [-0.15, -0.1) is 0 Å². The van der Waals surface area contributed by atoms with Crippen molar-refractivity contribution in [3.05, 3.63) is 64.9 Å². The summed E-state index contributed by atoms with van der Waals surface area (Å²) in [5.41, 5.74) is 0.816. The lowest BCUT2D eigenvalue weighted by Crippen LogP contribution is -2.29. The minimum Gasteiger partial charge on any atom is -0.380 e. The maximum Gasteiger partial charge on any atom is 0.119 e. The fourth-order valence-corrected chi connectivity index (χ4v) is 2.56. The highest BCUT2D eigenvalue weighted by Crippen LogP contribution is 2.49. The summed E-state index contributed by atoms with van der Waals surface area (Å²) in [6.45, 7) is 0. The van der Waals surface area contributed by atoms with E-state index < -0.39 is 5.60 Å². The Bertz CT molecular complexity index is 536. The number of rotatable bonds is 3. The zero-order valence-electron chi connectivity index (χ0n) is 9.88. The molecule has 2 aromatic rings. The number of benzene rings is 1. The first-order valence-corrected chi connectivity index (χ1v) is 6.48. The van der Waals surface area contributed by atoms with Crippen molar-refractivity contribution >= 4 is 11.6 Å². The third kappa shape index (κ3) is 1.92. The van der Waals surface area contributed by atoms with Crippen LogP contribution in [0.4, 0.5) is 0 Å². The van der Waals surface area contributed by atoms with Crippen molar-refractivity contribution < 1.29 is 5.11 Å². The molecule has 0 amide bonds. The molecule has 0 spiro atoms. The number of hydrogen-bond donors (Lipinski definition) is 1. The van der Waals surface area contributed by atoms with Crippen LogP contribution in [0.3, 0.4) is 0 Å². The van der Waals surface area contributed by atoms with Crippen molar-refractivity contribution in [2.24, 2.45) is 5.92 Å². The molecule has 1 aliphatic carbocycles. The summed E-state index contributed by atoms with van der Waals surface area (Å²) in [4.78, 5) is 4.12. The van der Waals surface area contributed by atoms with Gasteiger partial charge >= 0.3 is 0 Å². The van der Waals surface area contributed by atoms with Gasteiger partial charge in [0.05, 0.1) is 0 Å². The lowest BCUT2D eigenvalue weighted by atomic mass is 9.83. The van der Waals surface area contributed by atoms with Crippen LogP contribution in [0, 0.1) is 5.92 Å². The second kappa shape index (κ2) is 4.38. The molecule has 3 heteroatoms. The first-order valence-electron chi connectivity index (χ1n) is 6.10. The van der Waals surface area contributed by atoms with E-state index in [9.17, 15) is 5.11 Å². The molecule has 1 N–H and O–H groups in total. The SMILES string of the molecule is OC(c1ccc(Cl)cc1)(c1cccnc1)C1CC1. The van der Waals surface area contributed by atoms with Crippen LogP contribution in [0.25, 0.3) is 0 Å². The molecule has 1 unspecified atom stereocenters. The number of aliphatic hydroxyl groups is 1. The van der Waals surface area contributed by atoms with E-state index >= 15 is 0 Å². The highest BCUT2D eigenvalue weighted by molar-refractivity contribution is 6.30. The summed E-state index contributed by atoms with van der Waals surface area (Å²) in [6, 6.07) is 11.2. The molecule has 1 aromatic carbocycles. The van der Waals surface area contributed by atoms with E-state index in [0.717, 1.165) is 24.0 Å². The Morgan fingerprint density at radius 2 is 1.83 bits per heavy atom. The molecule has 2 nitrogen and oxygen atoms in total. The molecule has 0 bridgehead atoms. The van der Waals surface area contributed by atoms with E-state index in [2.05, 4.69) is 4.98 Å². The van der Waals surface area contributed by atoms with Crippen LogP contribution in [0.15, 0.2) is 48.8 Å². The lowest BCUT2D eigenvalue weighted by Gasteiger charge is -2.29. The number of hydrogen-bond acceptors (Lipinski definition) is 2. The van der Waals surface area contributed by atoms with Gasteiger partial charge in [-0.05, 0) is 42.5 Å². The summed E-state index contributed by atoms with van der Waals surface area (Å²) in [5, 5.41) is 11.8. The molecule has 92 valence electrons. The molecule has 1 atom stereocenters. The summed E-state index contributed by atoms with van der Waals surface area (Å²) >= 11 is 5.91. The average Bonchev–Trinajstić information content (AvgIpc) is 3.24. The minimum atomic E-state index is -0.932. The van der Waals surface area contributed by atoms with Crippen molar-refractivity contribution in [3.63, 3.8) is 0 Å². The zero-order chi connectivity index (χ0) is 12.6. The number of nitrogens with zero attached hydrogens (tertiary/aromatic N) is 1. The molecule has 1 aliphatic rings. The van der Waals surface area contributed by atoms with Crippen molar-refractivity contribution in [2.75, 3.05) is 0 Å². The Kier molecular flexibility index (Phi) is 2.84. The molecule has 0 aliphatic heterocycles. The molecular formula is C15H14ClNO. The second-order valence-corrected chi connectivity index (χ2v) is 5.23. The van der Waals surface area contributed by atoms with Crippen molar-refractivity contribution in [1.82, 2.24) is 4.98 Å². The van der Waals surface area contributed by atoms with Gasteiger partial charge in [-0.3, -0.25) is 4.98 Å². The number of pyridine rings is 1. The van der Waals surface area contributed by atoms with Gasteiger partial charge in [0.25, 0.3) is 0 Å². The van der Waals surface area contributed by atoms with Crippen LogP contribution in [-0.2, 0) is 5.60 Å². The van der Waals surface area contributed by atoms with Crippen LogP contribution < -0.4 is 0 Å². The molecule has 1 fully saturated rings. The summed E-state index contributed by atoms with van der Waals surface area (Å²) < 4.78 is 0. The molecule has 1 heterocycles. The van der Waals surface area contributed by atoms with Gasteiger partial charge in [0, 0.05) is 23.0 Å². The maximum atomic E-state index is 11.1. The van der Waals surface area contributed by atoms with E-state index in [4.69, 9.17) is 11.6 Å². The highest BCUT2D eigenvalue weighted by Gasteiger charge is 2.46. The quantitative estimate of drug-likeness (QED) is 0.917. The molecule has 0 saturated heterocycles. The molecule has 3 rings (SSSR count). The van der Waals surface area contributed by atoms with Gasteiger partial charge in [-0.25, -0.2) is 0 Å². The van der Waals surface area contributed by atoms with E-state index in [1.165, 1.54) is 0 Å². The fraction of sp³-hybridized carbons (Fsp3) is 0.267. The topological polar surface area (TPSA) is 33.1 Å². The zero-order valence-corrected chi connectivity index (χ0v) is 10.6. The molecule has 1 saturated carbocycles. The largest absolute Gasteiger partial charge is 0.380 e. The van der Waals surface area contributed by atoms with E-state index in [-0.39, 0.29) is 5.92 Å². The average molecular weight is 260 g/mol. The van der Waals surface area contributed by atoms with Gasteiger partial charge in [0.15, 0.2) is 0 Å². The Morgan fingerprint density at radius 1 is 1.11 bits per heavy atom. The Balaban J connectivity index is 2.09. The van der Waals surface area contributed by atoms with Crippen molar-refractivity contribution in [1.29, 1.82) is 0 Å². The predicted octanol–water partition coefficient (Wildman–Crippen LogP) is 3.38. The van der Waals surface area contributed by atoms with Crippen LogP contribution in [0.2, 0.25) is 5.02 Å². The molecule has 1 aromatic heterocycles. The molecular weight excluding hydrogens is 246 g/mol. The highest BCUT2D eigenvalue weighted by atomic mass is 35.5. The third-order valence-electron chi connectivity index (χ3n) is 3.55. The smallest absolute Gasteiger partial charge is 0.119 e. The monoisotopic (exact) mass is 259 g/mol. The van der Waals surface area contributed by atoms with E-state index in [0.29, 0.717) is 5.02 Å². The van der Waals surface area contributed by atoms with Gasteiger partial charge < -0.3 is 5.11 Å². The minimum absolute atomic E-state index is 0.280. The Hall–Kier alpha value is -1.38. The van der Waals surface area contributed by atoms with Crippen LogP contribution >= 0.6 is 11.6 Å². The molecule has 18 heavy (non-hydrogen) atoms. The Labute approximate surface area is 111 Å². The van der Waals surface area contributed by atoms with Crippen molar-refractivity contribution in [3.8, 4) is 0 Å². The lowest BCUT2D eigenvalue weighted by molar-refractivity contribution is 0.0561. The standard InChI is InChI=1S/C15H14ClNO/c16-14-7-5-12(6-8-14)15(18,11-3-4-11)13-2-1-9-17-10-13/h1-2,5-11,18H,3-4H2. The van der Waals surface area contributed by atoms with E-state index in [1.54, 1.807) is 12.4 Å². The predicted molar refractivity (Wildman–Crippen MR) is 71.4 cm³/mol. The second-order valence-electron chi connectivity index (χ2n) is 4.79. The van der Waals surface area contributed by atoms with Gasteiger partial charge in [-0.2, -0.15) is 0 Å². The number of aromatic nitrogens is 1. The van der Waals surface area contributed by atoms with Crippen LogP contribution in [0.1, 0.15) is 24.0 Å². The molecule has 0 radical (unpaired) electrons. The normalized spacial score (nSPS) is 18.3. The summed E-state index contributed by atoms with van der Waals surface area (Å²) in [6.07, 6.45) is 5.56. The first-order chi connectivity index (χ1) is 8.71. The third-order valence-corrected chi connectivity index (χ3v) is 3.81. The Morgan fingerprint density at radius 3 is 2.39 bits per heavy atom. The van der Waals surface area contributed by atoms with Crippen LogP contribution in [-0.4, -0.2) is 10.1 Å². The van der Waals surface area contributed by atoms with E-state index in [1.807, 2.05) is 36.4 Å².